The molecular formula is C20H15Cl2FN2O4S. The number of halogens is 3. The topological polar surface area (TPSA) is 68.7 Å². The van der Waals surface area contributed by atoms with Gasteiger partial charge in [-0.2, -0.15) is 0 Å². The summed E-state index contributed by atoms with van der Waals surface area (Å²) in [4.78, 5) is 30.3. The Kier molecular flexibility index (Phi) is 6.91. The molecule has 0 aliphatic rings. The number of benzene rings is 2. The molecule has 30 heavy (non-hydrogen) atoms. The van der Waals surface area contributed by atoms with Gasteiger partial charge >= 0.3 is 5.97 Å². The van der Waals surface area contributed by atoms with Crippen molar-refractivity contribution in [3.63, 3.8) is 0 Å². The number of rotatable bonds is 6. The third-order valence-electron chi connectivity index (χ3n) is 3.95. The summed E-state index contributed by atoms with van der Waals surface area (Å²) in [5.74, 6) is -1.35. The number of esters is 1. The van der Waals surface area contributed by atoms with Crippen molar-refractivity contribution < 1.29 is 23.5 Å². The number of amides is 1. The summed E-state index contributed by atoms with van der Waals surface area (Å²) < 4.78 is 24.1. The summed E-state index contributed by atoms with van der Waals surface area (Å²) >= 11 is 12.8. The highest BCUT2D eigenvalue weighted by atomic mass is 35.5. The third kappa shape index (κ3) is 4.72. The lowest BCUT2D eigenvalue weighted by molar-refractivity contribution is -0.115. The summed E-state index contributed by atoms with van der Waals surface area (Å²) in [5.41, 5.74) is 0.803. The minimum absolute atomic E-state index is 0.0238. The lowest BCUT2D eigenvalue weighted by atomic mass is 10.2. The first kappa shape index (κ1) is 22.0. The van der Waals surface area contributed by atoms with E-state index in [2.05, 4.69) is 4.98 Å². The molecule has 0 aliphatic heterocycles. The van der Waals surface area contributed by atoms with E-state index < -0.39 is 11.8 Å². The number of hydrogen-bond acceptors (Lipinski definition) is 6. The highest BCUT2D eigenvalue weighted by Crippen LogP contribution is 2.35. The maximum Gasteiger partial charge on any atom is 0.340 e. The van der Waals surface area contributed by atoms with E-state index in [0.29, 0.717) is 22.3 Å². The maximum absolute atomic E-state index is 13.6. The Morgan fingerprint density at radius 3 is 2.63 bits per heavy atom. The van der Waals surface area contributed by atoms with E-state index in [1.54, 1.807) is 29.6 Å². The Balaban J connectivity index is 1.78. The Labute approximate surface area is 185 Å². The van der Waals surface area contributed by atoms with Gasteiger partial charge in [-0.25, -0.2) is 14.2 Å². The molecule has 1 heterocycles. The number of carbonyl (C=O) groups is 2. The predicted octanol–water partition coefficient (Wildman–Crippen LogP) is 5.64. The fraction of sp³-hybridized carbons (Fsp3) is 0.150. The molecule has 1 amide bonds. The summed E-state index contributed by atoms with van der Waals surface area (Å²) in [7, 11) is 1.51. The van der Waals surface area contributed by atoms with Crippen molar-refractivity contribution in [2.24, 2.45) is 0 Å². The van der Waals surface area contributed by atoms with Gasteiger partial charge in [-0.1, -0.05) is 35.3 Å². The average Bonchev–Trinajstić information content (AvgIpc) is 3.17. The van der Waals surface area contributed by atoms with E-state index in [9.17, 15) is 14.0 Å². The van der Waals surface area contributed by atoms with Crippen molar-refractivity contribution in [2.75, 3.05) is 12.0 Å². The SMILES string of the molecule is COc1ccccc1N(C(C)=O)c1nc(COC(=O)c2cc(F)c(Cl)cc2Cl)cs1. The number of ether oxygens (including phenoxy) is 2. The van der Waals surface area contributed by atoms with Crippen molar-refractivity contribution in [1.29, 1.82) is 0 Å². The lowest BCUT2D eigenvalue weighted by Crippen LogP contribution is -2.23. The Morgan fingerprint density at radius 2 is 1.93 bits per heavy atom. The summed E-state index contributed by atoms with van der Waals surface area (Å²) in [6.07, 6.45) is 0. The first-order valence-electron chi connectivity index (χ1n) is 8.51. The smallest absolute Gasteiger partial charge is 0.340 e. The largest absolute Gasteiger partial charge is 0.495 e. The molecule has 0 aliphatic carbocycles. The predicted molar refractivity (Wildman–Crippen MR) is 113 cm³/mol. The van der Waals surface area contributed by atoms with Gasteiger partial charge in [-0.3, -0.25) is 9.69 Å². The normalized spacial score (nSPS) is 10.6. The van der Waals surface area contributed by atoms with E-state index in [1.165, 1.54) is 30.3 Å². The van der Waals surface area contributed by atoms with Crippen LogP contribution in [-0.2, 0) is 16.1 Å². The van der Waals surface area contributed by atoms with Gasteiger partial charge in [0.25, 0.3) is 0 Å². The van der Waals surface area contributed by atoms with Crippen LogP contribution < -0.4 is 9.64 Å². The van der Waals surface area contributed by atoms with E-state index in [-0.39, 0.29) is 28.1 Å². The van der Waals surface area contributed by atoms with Crippen molar-refractivity contribution in [3.8, 4) is 5.75 Å². The van der Waals surface area contributed by atoms with Gasteiger partial charge in [-0.15, -0.1) is 11.3 Å². The van der Waals surface area contributed by atoms with E-state index in [4.69, 9.17) is 32.7 Å². The van der Waals surface area contributed by atoms with Crippen molar-refractivity contribution in [1.82, 2.24) is 4.98 Å². The van der Waals surface area contributed by atoms with E-state index >= 15 is 0 Å². The molecule has 3 rings (SSSR count). The number of aromatic nitrogens is 1. The molecule has 156 valence electrons. The number of thiazole rings is 1. The van der Waals surface area contributed by atoms with Gasteiger partial charge in [0.2, 0.25) is 5.91 Å². The molecule has 0 spiro atoms. The first-order chi connectivity index (χ1) is 14.3. The Hall–Kier alpha value is -2.68. The van der Waals surface area contributed by atoms with Crippen LogP contribution in [0.5, 0.6) is 5.75 Å². The molecule has 0 fully saturated rings. The summed E-state index contributed by atoms with van der Waals surface area (Å²) in [6, 6.07) is 9.08. The van der Waals surface area contributed by atoms with Gasteiger partial charge in [0.05, 0.1) is 34.1 Å². The van der Waals surface area contributed by atoms with Crippen molar-refractivity contribution >= 4 is 57.2 Å². The van der Waals surface area contributed by atoms with Gasteiger partial charge in [-0.05, 0) is 24.3 Å². The van der Waals surface area contributed by atoms with Crippen LogP contribution in [0.25, 0.3) is 0 Å². The number of para-hydroxylation sites is 2. The molecule has 1 aromatic heterocycles. The number of anilines is 2. The fourth-order valence-electron chi connectivity index (χ4n) is 2.58. The van der Waals surface area contributed by atoms with Crippen LogP contribution in [0.2, 0.25) is 10.0 Å². The highest BCUT2D eigenvalue weighted by Gasteiger charge is 2.22. The third-order valence-corrected chi connectivity index (χ3v) is 5.43. The van der Waals surface area contributed by atoms with E-state index in [1.807, 2.05) is 0 Å². The van der Waals surface area contributed by atoms with Crippen LogP contribution in [0.4, 0.5) is 15.2 Å². The van der Waals surface area contributed by atoms with Crippen LogP contribution in [0.15, 0.2) is 41.8 Å². The zero-order chi connectivity index (χ0) is 21.8. The number of methoxy groups -OCH3 is 1. The minimum atomic E-state index is -0.821. The molecule has 0 unspecified atom stereocenters. The fourth-order valence-corrected chi connectivity index (χ4v) is 3.91. The van der Waals surface area contributed by atoms with E-state index in [0.717, 1.165) is 12.1 Å². The molecular weight excluding hydrogens is 454 g/mol. The van der Waals surface area contributed by atoms with Crippen LogP contribution in [0.1, 0.15) is 23.0 Å². The molecule has 0 bridgehead atoms. The van der Waals surface area contributed by atoms with Gasteiger partial charge < -0.3 is 9.47 Å². The van der Waals surface area contributed by atoms with Crippen LogP contribution in [0, 0.1) is 5.82 Å². The van der Waals surface area contributed by atoms with Crippen LogP contribution in [0.3, 0.4) is 0 Å². The summed E-state index contributed by atoms with van der Waals surface area (Å²) in [5, 5.41) is 1.82. The molecule has 0 saturated heterocycles. The molecule has 0 saturated carbocycles. The van der Waals surface area contributed by atoms with Crippen molar-refractivity contribution in [2.45, 2.75) is 13.5 Å². The van der Waals surface area contributed by atoms with Crippen LogP contribution in [-0.4, -0.2) is 24.0 Å². The molecule has 3 aromatic rings. The molecule has 10 heteroatoms. The zero-order valence-corrected chi connectivity index (χ0v) is 18.1. The second-order valence-electron chi connectivity index (χ2n) is 5.97. The Bertz CT molecular complexity index is 1110. The maximum atomic E-state index is 13.6. The number of nitrogens with zero attached hydrogens (tertiary/aromatic N) is 2. The number of carbonyl (C=O) groups excluding carboxylic acids is 2. The number of hydrogen-bond donors (Lipinski definition) is 0. The van der Waals surface area contributed by atoms with Gasteiger partial charge in [0.1, 0.15) is 18.2 Å². The van der Waals surface area contributed by atoms with Crippen LogP contribution >= 0.6 is 34.5 Å². The summed E-state index contributed by atoms with van der Waals surface area (Å²) in [6.45, 7) is 1.22. The minimum Gasteiger partial charge on any atom is -0.495 e. The Morgan fingerprint density at radius 1 is 1.20 bits per heavy atom. The standard InChI is InChI=1S/C20H15Cl2FN2O4S/c1-11(26)25(17-5-3-4-6-18(17)28-2)20-24-12(10-30-20)9-29-19(27)13-7-16(23)15(22)8-14(13)21/h3-8,10H,9H2,1-2H3. The molecule has 0 atom stereocenters. The van der Waals surface area contributed by atoms with Crippen molar-refractivity contribution in [3.05, 3.63) is 68.9 Å². The molecule has 0 N–H and O–H groups in total. The van der Waals surface area contributed by atoms with Gasteiger partial charge in [0, 0.05) is 12.3 Å². The molecule has 0 radical (unpaired) electrons. The van der Waals surface area contributed by atoms with Gasteiger partial charge in [0.15, 0.2) is 5.13 Å². The molecule has 2 aromatic carbocycles. The quantitative estimate of drug-likeness (QED) is 0.345. The lowest BCUT2D eigenvalue weighted by Gasteiger charge is -2.20. The second kappa shape index (κ2) is 9.42. The zero-order valence-electron chi connectivity index (χ0n) is 15.8. The highest BCUT2D eigenvalue weighted by molar-refractivity contribution is 7.14. The second-order valence-corrected chi connectivity index (χ2v) is 7.62. The first-order valence-corrected chi connectivity index (χ1v) is 10.1. The average molecular weight is 469 g/mol. The monoisotopic (exact) mass is 468 g/mol. The molecule has 6 nitrogen and oxygen atoms in total.